The molecule has 2 saturated heterocycles. The van der Waals surface area contributed by atoms with Crippen LogP contribution in [-0.4, -0.2) is 73.2 Å². The zero-order chi connectivity index (χ0) is 24.1. The van der Waals surface area contributed by atoms with Crippen LogP contribution < -0.4 is 9.64 Å². The molecule has 0 aromatic heterocycles. The number of nitrogens with zero attached hydrogens (tertiary/aromatic N) is 4. The van der Waals surface area contributed by atoms with Gasteiger partial charge >= 0.3 is 11.8 Å². The fraction of sp³-hybridized carbons (Fsp3) is 0.480. The van der Waals surface area contributed by atoms with Crippen molar-refractivity contribution >= 4 is 17.5 Å². The topological polar surface area (TPSA) is 88.4 Å². The summed E-state index contributed by atoms with van der Waals surface area (Å²) < 4.78 is 10.7. The zero-order valence-corrected chi connectivity index (χ0v) is 19.8. The van der Waals surface area contributed by atoms with Crippen molar-refractivity contribution in [1.29, 1.82) is 0 Å². The Morgan fingerprint density at radius 1 is 1.06 bits per heavy atom. The first-order valence-electron chi connectivity index (χ1n) is 11.7. The van der Waals surface area contributed by atoms with Gasteiger partial charge in [0.25, 0.3) is 0 Å². The fourth-order valence-electron chi connectivity index (χ4n) is 4.86. The molecule has 0 bridgehead atoms. The summed E-state index contributed by atoms with van der Waals surface area (Å²) in [5, 5.41) is 11.3. The summed E-state index contributed by atoms with van der Waals surface area (Å²) >= 11 is 0. The summed E-state index contributed by atoms with van der Waals surface area (Å²) in [5.74, 6) is 0.294. The van der Waals surface area contributed by atoms with E-state index < -0.39 is 4.92 Å². The van der Waals surface area contributed by atoms with Gasteiger partial charge in [0.15, 0.2) is 5.75 Å². The van der Waals surface area contributed by atoms with E-state index in [1.54, 1.807) is 17.0 Å². The Morgan fingerprint density at radius 3 is 2.35 bits per heavy atom. The van der Waals surface area contributed by atoms with E-state index in [1.807, 2.05) is 37.3 Å². The number of carbonyl (C=O) groups is 1. The van der Waals surface area contributed by atoms with E-state index >= 15 is 0 Å². The highest BCUT2D eigenvalue weighted by Gasteiger charge is 2.30. The van der Waals surface area contributed by atoms with E-state index in [0.717, 1.165) is 55.8 Å². The Kier molecular flexibility index (Phi) is 7.52. The molecule has 2 heterocycles. The largest absolute Gasteiger partial charge is 0.490 e. The van der Waals surface area contributed by atoms with Crippen LogP contribution in [0.1, 0.15) is 24.0 Å². The van der Waals surface area contributed by atoms with Crippen LogP contribution in [0.4, 0.5) is 16.2 Å². The summed E-state index contributed by atoms with van der Waals surface area (Å²) in [6, 6.07) is 13.6. The average molecular weight is 469 g/mol. The number of piperazine rings is 1. The maximum absolute atomic E-state index is 12.4. The third-order valence-corrected chi connectivity index (χ3v) is 6.79. The van der Waals surface area contributed by atoms with E-state index in [-0.39, 0.29) is 11.8 Å². The predicted octanol–water partition coefficient (Wildman–Crippen LogP) is 3.84. The Hall–Kier alpha value is -3.33. The SMILES string of the molecule is COc1cc(N2CCC(N3CCN(C(=O)OCc4ccccc4)CC3)CC2)c(C)cc1[N+](=O)[O-]. The molecule has 9 heteroatoms. The van der Waals surface area contributed by atoms with Crippen LogP contribution in [0.15, 0.2) is 42.5 Å². The van der Waals surface area contributed by atoms with Gasteiger partial charge in [-0.05, 0) is 30.9 Å². The van der Waals surface area contributed by atoms with Crippen molar-refractivity contribution in [2.75, 3.05) is 51.3 Å². The standard InChI is InChI=1S/C25H32N4O5/c1-19-16-23(29(31)32)24(33-2)17-22(19)27-10-8-21(9-11-27)26-12-14-28(15-13-26)25(30)34-18-20-6-4-3-5-7-20/h3-7,16-17,21H,8-15,18H2,1-2H3. The summed E-state index contributed by atoms with van der Waals surface area (Å²) in [7, 11) is 1.46. The van der Waals surface area contributed by atoms with Crippen molar-refractivity contribution < 1.29 is 19.2 Å². The molecule has 182 valence electrons. The lowest BCUT2D eigenvalue weighted by Gasteiger charge is -2.43. The molecular formula is C25H32N4O5. The highest BCUT2D eigenvalue weighted by molar-refractivity contribution is 5.67. The predicted molar refractivity (Wildman–Crippen MR) is 129 cm³/mol. The summed E-state index contributed by atoms with van der Waals surface area (Å²) in [5.41, 5.74) is 2.86. The number of hydrogen-bond donors (Lipinski definition) is 0. The minimum atomic E-state index is -0.404. The molecule has 0 unspecified atom stereocenters. The molecular weight excluding hydrogens is 436 g/mol. The van der Waals surface area contributed by atoms with Gasteiger partial charge in [-0.1, -0.05) is 30.3 Å². The molecule has 0 spiro atoms. The fourth-order valence-corrected chi connectivity index (χ4v) is 4.86. The number of ether oxygens (including phenoxy) is 2. The monoisotopic (exact) mass is 468 g/mol. The molecule has 4 rings (SSSR count). The first kappa shape index (κ1) is 23.8. The number of amides is 1. The van der Waals surface area contributed by atoms with Crippen LogP contribution in [0.5, 0.6) is 5.75 Å². The lowest BCUT2D eigenvalue weighted by atomic mass is 10.0. The number of hydrogen-bond acceptors (Lipinski definition) is 7. The summed E-state index contributed by atoms with van der Waals surface area (Å²) in [6.07, 6.45) is 1.77. The number of rotatable bonds is 6. The number of carbonyl (C=O) groups excluding carboxylic acids is 1. The number of benzene rings is 2. The summed E-state index contributed by atoms with van der Waals surface area (Å²) in [4.78, 5) is 29.9. The smallest absolute Gasteiger partial charge is 0.410 e. The van der Waals surface area contributed by atoms with Crippen LogP contribution in [0, 0.1) is 17.0 Å². The number of methoxy groups -OCH3 is 1. The molecule has 34 heavy (non-hydrogen) atoms. The van der Waals surface area contributed by atoms with E-state index in [4.69, 9.17) is 9.47 Å². The van der Waals surface area contributed by atoms with Crippen molar-refractivity contribution in [2.45, 2.75) is 32.4 Å². The lowest BCUT2D eigenvalue weighted by Crippen LogP contribution is -2.54. The normalized spacial score (nSPS) is 17.5. The molecule has 2 fully saturated rings. The van der Waals surface area contributed by atoms with Crippen molar-refractivity contribution in [3.63, 3.8) is 0 Å². The van der Waals surface area contributed by atoms with E-state index in [9.17, 15) is 14.9 Å². The van der Waals surface area contributed by atoms with Crippen LogP contribution >= 0.6 is 0 Å². The minimum Gasteiger partial charge on any atom is -0.490 e. The third kappa shape index (κ3) is 5.41. The van der Waals surface area contributed by atoms with Crippen molar-refractivity contribution in [3.8, 4) is 5.75 Å². The highest BCUT2D eigenvalue weighted by Crippen LogP contribution is 2.36. The average Bonchev–Trinajstić information content (AvgIpc) is 2.88. The Balaban J connectivity index is 1.26. The second-order valence-electron chi connectivity index (χ2n) is 8.85. The van der Waals surface area contributed by atoms with E-state index in [1.165, 1.54) is 7.11 Å². The zero-order valence-electron chi connectivity index (χ0n) is 19.8. The second-order valence-corrected chi connectivity index (χ2v) is 8.85. The Bertz CT molecular complexity index is 1000. The van der Waals surface area contributed by atoms with Gasteiger partial charge in [-0.2, -0.15) is 0 Å². The number of nitro benzene ring substituents is 1. The quantitative estimate of drug-likeness (QED) is 0.470. The number of nitro groups is 1. The van der Waals surface area contributed by atoms with Gasteiger partial charge in [0.1, 0.15) is 6.61 Å². The molecule has 1 amide bonds. The molecule has 0 radical (unpaired) electrons. The highest BCUT2D eigenvalue weighted by atomic mass is 16.6. The minimum absolute atomic E-state index is 0.00111. The molecule has 2 aliphatic heterocycles. The lowest BCUT2D eigenvalue weighted by molar-refractivity contribution is -0.385. The van der Waals surface area contributed by atoms with Crippen LogP contribution in [0.3, 0.4) is 0 Å². The third-order valence-electron chi connectivity index (χ3n) is 6.79. The van der Waals surface area contributed by atoms with Gasteiger partial charge in [0.05, 0.1) is 12.0 Å². The maximum Gasteiger partial charge on any atom is 0.410 e. The van der Waals surface area contributed by atoms with Gasteiger partial charge in [0, 0.05) is 63.1 Å². The van der Waals surface area contributed by atoms with Gasteiger partial charge in [-0.25, -0.2) is 4.79 Å². The first-order valence-corrected chi connectivity index (χ1v) is 11.7. The van der Waals surface area contributed by atoms with Crippen LogP contribution in [-0.2, 0) is 11.3 Å². The van der Waals surface area contributed by atoms with E-state index in [2.05, 4.69) is 9.80 Å². The van der Waals surface area contributed by atoms with Gasteiger partial charge < -0.3 is 19.3 Å². The first-order chi connectivity index (χ1) is 16.5. The molecule has 0 atom stereocenters. The maximum atomic E-state index is 12.4. The number of piperidine rings is 1. The molecule has 2 aromatic rings. The van der Waals surface area contributed by atoms with Crippen molar-refractivity contribution in [3.05, 3.63) is 63.7 Å². The van der Waals surface area contributed by atoms with Gasteiger partial charge in [0.2, 0.25) is 0 Å². The molecule has 0 saturated carbocycles. The molecule has 0 aliphatic carbocycles. The van der Waals surface area contributed by atoms with E-state index in [0.29, 0.717) is 31.5 Å². The van der Waals surface area contributed by atoms with Gasteiger partial charge in [-0.3, -0.25) is 15.0 Å². The molecule has 0 N–H and O–H groups in total. The van der Waals surface area contributed by atoms with Crippen LogP contribution in [0.25, 0.3) is 0 Å². The molecule has 2 aliphatic rings. The second kappa shape index (κ2) is 10.7. The van der Waals surface area contributed by atoms with Crippen molar-refractivity contribution in [2.24, 2.45) is 0 Å². The summed E-state index contributed by atoms with van der Waals surface area (Å²) in [6.45, 7) is 7.00. The van der Waals surface area contributed by atoms with Crippen LogP contribution in [0.2, 0.25) is 0 Å². The van der Waals surface area contributed by atoms with Gasteiger partial charge in [-0.15, -0.1) is 0 Å². The van der Waals surface area contributed by atoms with Crippen molar-refractivity contribution in [1.82, 2.24) is 9.80 Å². The molecule has 9 nitrogen and oxygen atoms in total. The number of anilines is 1. The molecule has 2 aromatic carbocycles. The Morgan fingerprint density at radius 2 is 1.74 bits per heavy atom. The number of aryl methyl sites for hydroxylation is 1. The Labute approximate surface area is 200 Å².